The second-order valence-electron chi connectivity index (χ2n) is 5.22. The topological polar surface area (TPSA) is 75.7 Å². The van der Waals surface area contributed by atoms with Gasteiger partial charge in [0.05, 0.1) is 36.0 Å². The molecule has 2 heterocycles. The molecule has 0 saturated carbocycles. The SMILES string of the molecule is COc1cc2c(cc1F)NC(=O)CC1CS(=O)(=O)CCN21. The summed E-state index contributed by atoms with van der Waals surface area (Å²) in [5.41, 5.74) is 0.944. The van der Waals surface area contributed by atoms with Crippen LogP contribution >= 0.6 is 0 Å². The van der Waals surface area contributed by atoms with Gasteiger partial charge < -0.3 is 15.0 Å². The third kappa shape index (κ3) is 2.55. The smallest absolute Gasteiger partial charge is 0.226 e. The lowest BCUT2D eigenvalue weighted by Gasteiger charge is -2.36. The number of ether oxygens (including phenoxy) is 1. The van der Waals surface area contributed by atoms with E-state index in [0.717, 1.165) is 0 Å². The summed E-state index contributed by atoms with van der Waals surface area (Å²) in [4.78, 5) is 13.7. The highest BCUT2D eigenvalue weighted by Gasteiger charge is 2.36. The minimum atomic E-state index is -3.15. The van der Waals surface area contributed by atoms with Crippen LogP contribution in [-0.4, -0.2) is 45.5 Å². The maximum atomic E-state index is 13.8. The van der Waals surface area contributed by atoms with Crippen molar-refractivity contribution in [3.8, 4) is 5.75 Å². The molecule has 114 valence electrons. The van der Waals surface area contributed by atoms with Crippen molar-refractivity contribution in [1.29, 1.82) is 0 Å². The highest BCUT2D eigenvalue weighted by atomic mass is 32.2. The lowest BCUT2D eigenvalue weighted by atomic mass is 10.1. The van der Waals surface area contributed by atoms with Crippen molar-refractivity contribution in [3.05, 3.63) is 17.9 Å². The number of methoxy groups -OCH3 is 1. The first-order valence-corrected chi connectivity index (χ1v) is 8.36. The van der Waals surface area contributed by atoms with Crippen LogP contribution in [0, 0.1) is 5.82 Å². The summed E-state index contributed by atoms with van der Waals surface area (Å²) in [6.07, 6.45) is 0.0673. The minimum Gasteiger partial charge on any atom is -0.494 e. The van der Waals surface area contributed by atoms with Gasteiger partial charge >= 0.3 is 0 Å². The summed E-state index contributed by atoms with van der Waals surface area (Å²) in [5.74, 6) is -0.863. The van der Waals surface area contributed by atoms with Crippen LogP contribution in [0.5, 0.6) is 5.75 Å². The fraction of sp³-hybridized carbons (Fsp3) is 0.462. The summed E-state index contributed by atoms with van der Waals surface area (Å²) < 4.78 is 42.3. The Labute approximate surface area is 121 Å². The van der Waals surface area contributed by atoms with Gasteiger partial charge in [0.2, 0.25) is 5.91 Å². The van der Waals surface area contributed by atoms with E-state index in [1.807, 2.05) is 4.90 Å². The Morgan fingerprint density at radius 1 is 1.43 bits per heavy atom. The third-order valence-corrected chi connectivity index (χ3v) is 5.50. The van der Waals surface area contributed by atoms with Gasteiger partial charge in [-0.05, 0) is 0 Å². The Bertz CT molecular complexity index is 704. The number of rotatable bonds is 1. The van der Waals surface area contributed by atoms with E-state index in [1.54, 1.807) is 0 Å². The molecule has 3 rings (SSSR count). The van der Waals surface area contributed by atoms with E-state index in [2.05, 4.69) is 5.32 Å². The molecule has 0 aliphatic carbocycles. The predicted octanol–water partition coefficient (Wildman–Crippen LogP) is 0.780. The molecule has 2 aliphatic rings. The molecule has 1 atom stereocenters. The largest absolute Gasteiger partial charge is 0.494 e. The van der Waals surface area contributed by atoms with Crippen molar-refractivity contribution >= 4 is 27.1 Å². The minimum absolute atomic E-state index is 0.0246. The first kappa shape index (κ1) is 14.1. The molecule has 0 spiro atoms. The summed E-state index contributed by atoms with van der Waals surface area (Å²) in [7, 11) is -1.79. The van der Waals surface area contributed by atoms with E-state index in [0.29, 0.717) is 11.4 Å². The maximum absolute atomic E-state index is 13.8. The van der Waals surface area contributed by atoms with Crippen molar-refractivity contribution in [1.82, 2.24) is 0 Å². The standard InChI is InChI=1S/C13H15FN2O4S/c1-20-12-6-11-10(5-9(12)14)15-13(17)4-8-7-21(18,19)3-2-16(8)11/h5-6,8H,2-4,7H2,1H3,(H,15,17). The van der Waals surface area contributed by atoms with Crippen LogP contribution in [0.1, 0.15) is 6.42 Å². The molecular formula is C13H15FN2O4S. The van der Waals surface area contributed by atoms with Crippen molar-refractivity contribution in [2.45, 2.75) is 12.5 Å². The summed E-state index contributed by atoms with van der Waals surface area (Å²) in [6, 6.07) is 2.28. The van der Waals surface area contributed by atoms with Gasteiger partial charge in [-0.2, -0.15) is 0 Å². The molecular weight excluding hydrogens is 299 g/mol. The molecule has 1 aromatic rings. The Kier molecular flexibility index (Phi) is 3.27. The van der Waals surface area contributed by atoms with Gasteiger partial charge in [0.25, 0.3) is 0 Å². The van der Waals surface area contributed by atoms with E-state index in [1.165, 1.54) is 19.2 Å². The first-order valence-electron chi connectivity index (χ1n) is 6.54. The van der Waals surface area contributed by atoms with E-state index in [4.69, 9.17) is 4.74 Å². The van der Waals surface area contributed by atoms with Crippen molar-refractivity contribution in [2.24, 2.45) is 0 Å². The fourth-order valence-electron chi connectivity index (χ4n) is 2.82. The molecule has 2 aliphatic heterocycles. The van der Waals surface area contributed by atoms with Crippen LogP contribution in [0.2, 0.25) is 0 Å². The number of anilines is 2. The molecule has 21 heavy (non-hydrogen) atoms. The van der Waals surface area contributed by atoms with E-state index >= 15 is 0 Å². The second-order valence-corrected chi connectivity index (χ2v) is 7.45. The van der Waals surface area contributed by atoms with Gasteiger partial charge in [-0.25, -0.2) is 12.8 Å². The van der Waals surface area contributed by atoms with Crippen molar-refractivity contribution in [3.63, 3.8) is 0 Å². The zero-order chi connectivity index (χ0) is 15.2. The van der Waals surface area contributed by atoms with Crippen LogP contribution in [-0.2, 0) is 14.6 Å². The Morgan fingerprint density at radius 2 is 2.19 bits per heavy atom. The molecule has 1 fully saturated rings. The number of halogens is 1. The zero-order valence-corrected chi connectivity index (χ0v) is 12.2. The van der Waals surface area contributed by atoms with Crippen LogP contribution in [0.25, 0.3) is 0 Å². The average Bonchev–Trinajstić information content (AvgIpc) is 2.51. The Morgan fingerprint density at radius 3 is 2.90 bits per heavy atom. The number of benzene rings is 1. The number of fused-ring (bicyclic) bond motifs is 3. The van der Waals surface area contributed by atoms with Gasteiger partial charge in [0, 0.05) is 25.1 Å². The number of hydrogen-bond donors (Lipinski definition) is 1. The molecule has 1 N–H and O–H groups in total. The number of nitrogens with one attached hydrogen (secondary N) is 1. The van der Waals surface area contributed by atoms with Crippen LogP contribution in [0.15, 0.2) is 12.1 Å². The Balaban J connectivity index is 2.09. The second kappa shape index (κ2) is 4.87. The summed E-state index contributed by atoms with van der Waals surface area (Å²) in [6.45, 7) is 0.281. The molecule has 0 radical (unpaired) electrons. The molecule has 0 aromatic heterocycles. The molecule has 8 heteroatoms. The van der Waals surface area contributed by atoms with Crippen LogP contribution in [0.4, 0.5) is 15.8 Å². The lowest BCUT2D eigenvalue weighted by molar-refractivity contribution is -0.116. The molecule has 1 amide bonds. The monoisotopic (exact) mass is 314 g/mol. The first-order chi connectivity index (χ1) is 9.89. The molecule has 1 unspecified atom stereocenters. The number of hydrogen-bond acceptors (Lipinski definition) is 5. The highest BCUT2D eigenvalue weighted by molar-refractivity contribution is 7.91. The van der Waals surface area contributed by atoms with Crippen LogP contribution in [0.3, 0.4) is 0 Å². The number of carbonyl (C=O) groups excluding carboxylic acids is 1. The molecule has 1 saturated heterocycles. The van der Waals surface area contributed by atoms with Gasteiger partial charge in [-0.1, -0.05) is 0 Å². The lowest BCUT2D eigenvalue weighted by Crippen LogP contribution is -2.48. The van der Waals surface area contributed by atoms with Gasteiger partial charge in [0.15, 0.2) is 21.4 Å². The number of carbonyl (C=O) groups is 1. The van der Waals surface area contributed by atoms with Crippen molar-refractivity contribution < 1.29 is 22.3 Å². The predicted molar refractivity (Wildman–Crippen MR) is 76.0 cm³/mol. The van der Waals surface area contributed by atoms with Gasteiger partial charge in [-0.15, -0.1) is 0 Å². The van der Waals surface area contributed by atoms with Crippen LogP contribution < -0.4 is 15.0 Å². The van der Waals surface area contributed by atoms with E-state index < -0.39 is 21.7 Å². The van der Waals surface area contributed by atoms with Crippen molar-refractivity contribution in [2.75, 3.05) is 35.4 Å². The number of sulfone groups is 1. The molecule has 6 nitrogen and oxygen atoms in total. The van der Waals surface area contributed by atoms with E-state index in [-0.39, 0.29) is 36.1 Å². The van der Waals surface area contributed by atoms with Gasteiger partial charge in [0.1, 0.15) is 0 Å². The quantitative estimate of drug-likeness (QED) is 0.829. The summed E-state index contributed by atoms with van der Waals surface area (Å²) in [5, 5.41) is 2.63. The molecule has 1 aromatic carbocycles. The fourth-order valence-corrected chi connectivity index (χ4v) is 4.35. The third-order valence-electron chi connectivity index (χ3n) is 3.80. The van der Waals surface area contributed by atoms with Gasteiger partial charge in [-0.3, -0.25) is 4.79 Å². The number of nitrogens with zero attached hydrogens (tertiary/aromatic N) is 1. The average molecular weight is 314 g/mol. The Hall–Kier alpha value is -1.83. The highest BCUT2D eigenvalue weighted by Crippen LogP contribution is 2.37. The summed E-state index contributed by atoms with van der Waals surface area (Å²) >= 11 is 0. The normalized spacial score (nSPS) is 23.6. The maximum Gasteiger partial charge on any atom is 0.226 e. The molecule has 0 bridgehead atoms. The number of amides is 1. The van der Waals surface area contributed by atoms with E-state index in [9.17, 15) is 17.6 Å². The zero-order valence-electron chi connectivity index (χ0n) is 11.4.